The van der Waals surface area contributed by atoms with E-state index in [1.807, 2.05) is 13.8 Å². The molecule has 0 aromatic carbocycles. The largest absolute Gasteiger partial charge is 0.396 e. The zero-order valence-electron chi connectivity index (χ0n) is 5.29. The van der Waals surface area contributed by atoms with Crippen LogP contribution in [0.4, 0.5) is 0 Å². The number of aliphatic hydroxyl groups is 1. The fourth-order valence-electron chi connectivity index (χ4n) is 0.411. The standard InChI is InChI=1S/C6H12O2/c1-5(2)6(3-7)4-8/h3,5-6,8H,4H2,1-2H3/t6-/m1/s1. The second-order valence-electron chi connectivity index (χ2n) is 2.23. The Bertz CT molecular complexity index is 68.9. The maximum absolute atomic E-state index is 10.0. The van der Waals surface area contributed by atoms with Crippen molar-refractivity contribution in [1.82, 2.24) is 0 Å². The highest BCUT2D eigenvalue weighted by Gasteiger charge is 2.08. The molecule has 2 heteroatoms. The lowest BCUT2D eigenvalue weighted by Crippen LogP contribution is -2.13. The number of hydrogen-bond acceptors (Lipinski definition) is 2. The minimum atomic E-state index is -0.171. The Morgan fingerprint density at radius 3 is 2.12 bits per heavy atom. The van der Waals surface area contributed by atoms with Gasteiger partial charge in [0.25, 0.3) is 0 Å². The average molecular weight is 116 g/mol. The van der Waals surface area contributed by atoms with Crippen molar-refractivity contribution in [2.24, 2.45) is 11.8 Å². The zero-order chi connectivity index (χ0) is 6.57. The monoisotopic (exact) mass is 116 g/mol. The molecular weight excluding hydrogens is 104 g/mol. The lowest BCUT2D eigenvalue weighted by atomic mass is 9.99. The minimum Gasteiger partial charge on any atom is -0.396 e. The number of rotatable bonds is 3. The third-order valence-electron chi connectivity index (χ3n) is 1.24. The SMILES string of the molecule is CC(C)[C@H](C=O)CO. The number of carbonyl (C=O) groups is 1. The van der Waals surface area contributed by atoms with Gasteiger partial charge in [-0.05, 0) is 5.92 Å². The molecule has 0 saturated carbocycles. The van der Waals surface area contributed by atoms with E-state index in [4.69, 9.17) is 5.11 Å². The summed E-state index contributed by atoms with van der Waals surface area (Å²) in [5.41, 5.74) is 0. The highest BCUT2D eigenvalue weighted by molar-refractivity contribution is 5.53. The quantitative estimate of drug-likeness (QED) is 0.543. The highest BCUT2D eigenvalue weighted by Crippen LogP contribution is 2.04. The van der Waals surface area contributed by atoms with Gasteiger partial charge in [0.05, 0.1) is 6.61 Å². The third-order valence-corrected chi connectivity index (χ3v) is 1.24. The van der Waals surface area contributed by atoms with Gasteiger partial charge in [0.2, 0.25) is 0 Å². The summed E-state index contributed by atoms with van der Waals surface area (Å²) < 4.78 is 0. The van der Waals surface area contributed by atoms with E-state index in [2.05, 4.69) is 0 Å². The van der Waals surface area contributed by atoms with E-state index >= 15 is 0 Å². The molecule has 1 atom stereocenters. The predicted octanol–water partition coefficient (Wildman–Crippen LogP) is 0.450. The molecule has 0 rings (SSSR count). The van der Waals surface area contributed by atoms with Gasteiger partial charge in [-0.1, -0.05) is 13.8 Å². The van der Waals surface area contributed by atoms with Crippen LogP contribution in [-0.4, -0.2) is 18.0 Å². The second kappa shape index (κ2) is 3.61. The molecule has 48 valence electrons. The first-order valence-electron chi connectivity index (χ1n) is 2.78. The minimum absolute atomic E-state index is 0.0266. The lowest BCUT2D eigenvalue weighted by molar-refractivity contribution is -0.113. The van der Waals surface area contributed by atoms with Gasteiger partial charge in [-0.25, -0.2) is 0 Å². The van der Waals surface area contributed by atoms with E-state index in [1.165, 1.54) is 0 Å². The summed E-state index contributed by atoms with van der Waals surface area (Å²) in [6.07, 6.45) is 0.796. The van der Waals surface area contributed by atoms with Gasteiger partial charge in [-0.2, -0.15) is 0 Å². The Morgan fingerprint density at radius 1 is 1.62 bits per heavy atom. The summed E-state index contributed by atoms with van der Waals surface area (Å²) in [4.78, 5) is 10.0. The number of aldehydes is 1. The van der Waals surface area contributed by atoms with Crippen LogP contribution in [0.15, 0.2) is 0 Å². The van der Waals surface area contributed by atoms with Gasteiger partial charge in [0, 0.05) is 5.92 Å². The summed E-state index contributed by atoms with van der Waals surface area (Å²) in [6.45, 7) is 3.80. The summed E-state index contributed by atoms with van der Waals surface area (Å²) >= 11 is 0. The van der Waals surface area contributed by atoms with Gasteiger partial charge in [0.15, 0.2) is 0 Å². The number of hydrogen-bond donors (Lipinski definition) is 1. The van der Waals surface area contributed by atoms with Crippen LogP contribution < -0.4 is 0 Å². The molecule has 0 spiro atoms. The van der Waals surface area contributed by atoms with Crippen LogP contribution in [0.2, 0.25) is 0 Å². The normalized spacial score (nSPS) is 14.0. The molecule has 0 unspecified atom stereocenters. The van der Waals surface area contributed by atoms with Gasteiger partial charge in [-0.15, -0.1) is 0 Å². The highest BCUT2D eigenvalue weighted by atomic mass is 16.3. The van der Waals surface area contributed by atoms with Crippen molar-refractivity contribution >= 4 is 6.29 Å². The topological polar surface area (TPSA) is 37.3 Å². The van der Waals surface area contributed by atoms with Crippen molar-refractivity contribution in [2.45, 2.75) is 13.8 Å². The van der Waals surface area contributed by atoms with Gasteiger partial charge in [-0.3, -0.25) is 0 Å². The summed E-state index contributed by atoms with van der Waals surface area (Å²) in [5, 5.41) is 8.47. The molecule has 0 aliphatic heterocycles. The van der Waals surface area contributed by atoms with Gasteiger partial charge < -0.3 is 9.90 Å². The number of carbonyl (C=O) groups excluding carboxylic acids is 1. The van der Waals surface area contributed by atoms with Crippen LogP contribution in [0.3, 0.4) is 0 Å². The zero-order valence-corrected chi connectivity index (χ0v) is 5.29. The Labute approximate surface area is 49.5 Å². The molecule has 0 bridgehead atoms. The summed E-state index contributed by atoms with van der Waals surface area (Å²) in [5.74, 6) is 0.0903. The molecule has 0 aromatic heterocycles. The van der Waals surface area contributed by atoms with E-state index in [0.29, 0.717) is 0 Å². The second-order valence-corrected chi connectivity index (χ2v) is 2.23. The summed E-state index contributed by atoms with van der Waals surface area (Å²) in [6, 6.07) is 0. The van der Waals surface area contributed by atoms with E-state index in [1.54, 1.807) is 0 Å². The van der Waals surface area contributed by atoms with E-state index in [0.717, 1.165) is 6.29 Å². The van der Waals surface area contributed by atoms with Gasteiger partial charge >= 0.3 is 0 Å². The van der Waals surface area contributed by atoms with Crippen LogP contribution in [0.5, 0.6) is 0 Å². The van der Waals surface area contributed by atoms with Crippen molar-refractivity contribution in [3.63, 3.8) is 0 Å². The Balaban J connectivity index is 3.51. The molecule has 0 heterocycles. The summed E-state index contributed by atoms with van der Waals surface area (Å²) in [7, 11) is 0. The van der Waals surface area contributed by atoms with Crippen LogP contribution >= 0.6 is 0 Å². The first kappa shape index (κ1) is 7.63. The molecule has 1 N–H and O–H groups in total. The average Bonchev–Trinajstić information content (AvgIpc) is 1.69. The lowest BCUT2D eigenvalue weighted by Gasteiger charge is -2.08. The van der Waals surface area contributed by atoms with E-state index < -0.39 is 0 Å². The van der Waals surface area contributed by atoms with E-state index in [9.17, 15) is 4.79 Å². The molecule has 0 aromatic rings. The fourth-order valence-corrected chi connectivity index (χ4v) is 0.411. The van der Waals surface area contributed by atoms with Crippen LogP contribution in [-0.2, 0) is 4.79 Å². The van der Waals surface area contributed by atoms with E-state index in [-0.39, 0.29) is 18.4 Å². The van der Waals surface area contributed by atoms with Crippen LogP contribution in [0.25, 0.3) is 0 Å². The van der Waals surface area contributed by atoms with Crippen LogP contribution in [0, 0.1) is 11.8 Å². The Hall–Kier alpha value is -0.370. The molecule has 0 amide bonds. The van der Waals surface area contributed by atoms with Crippen LogP contribution in [0.1, 0.15) is 13.8 Å². The Kier molecular flexibility index (Phi) is 3.44. The molecule has 0 aliphatic rings. The van der Waals surface area contributed by atoms with Crippen molar-refractivity contribution in [1.29, 1.82) is 0 Å². The van der Waals surface area contributed by atoms with Gasteiger partial charge in [0.1, 0.15) is 6.29 Å². The maximum atomic E-state index is 10.0. The molecule has 8 heavy (non-hydrogen) atoms. The van der Waals surface area contributed by atoms with Crippen molar-refractivity contribution in [3.05, 3.63) is 0 Å². The Morgan fingerprint density at radius 2 is 2.12 bits per heavy atom. The first-order chi connectivity index (χ1) is 3.72. The molecule has 0 radical (unpaired) electrons. The smallest absolute Gasteiger partial charge is 0.125 e. The molecule has 2 nitrogen and oxygen atoms in total. The van der Waals surface area contributed by atoms with Crippen molar-refractivity contribution in [2.75, 3.05) is 6.61 Å². The molecule has 0 fully saturated rings. The molecular formula is C6H12O2. The first-order valence-corrected chi connectivity index (χ1v) is 2.78. The number of aliphatic hydroxyl groups excluding tert-OH is 1. The maximum Gasteiger partial charge on any atom is 0.125 e. The predicted molar refractivity (Wildman–Crippen MR) is 31.5 cm³/mol. The van der Waals surface area contributed by atoms with Crippen molar-refractivity contribution in [3.8, 4) is 0 Å². The molecule has 0 saturated heterocycles. The van der Waals surface area contributed by atoms with Crippen molar-refractivity contribution < 1.29 is 9.90 Å². The molecule has 0 aliphatic carbocycles. The third kappa shape index (κ3) is 2.07. The fraction of sp³-hybridized carbons (Fsp3) is 0.833.